The minimum atomic E-state index is -1.68. The van der Waals surface area contributed by atoms with Gasteiger partial charge in [0.2, 0.25) is 5.60 Å². The summed E-state index contributed by atoms with van der Waals surface area (Å²) in [5.41, 5.74) is 5.84. The van der Waals surface area contributed by atoms with Gasteiger partial charge in [-0.25, -0.2) is 14.6 Å². The van der Waals surface area contributed by atoms with E-state index in [-0.39, 0.29) is 17.9 Å². The Morgan fingerprint density at radius 2 is 2.06 bits per heavy atom. The van der Waals surface area contributed by atoms with Crippen molar-refractivity contribution in [3.05, 3.63) is 59.5 Å². The van der Waals surface area contributed by atoms with E-state index in [1.165, 1.54) is 11.0 Å². The summed E-state index contributed by atoms with van der Waals surface area (Å²) in [6.45, 7) is 2.31. The third-order valence-corrected chi connectivity index (χ3v) is 5.06. The Balaban J connectivity index is 1.74. The van der Waals surface area contributed by atoms with Crippen molar-refractivity contribution >= 4 is 11.8 Å². The molecule has 1 aromatic carbocycles. The Morgan fingerprint density at radius 3 is 2.71 bits per heavy atom. The molecule has 1 aliphatic rings. The first-order chi connectivity index (χ1) is 14.8. The second-order valence-corrected chi connectivity index (χ2v) is 7.35. The Bertz CT molecular complexity index is 1260. The zero-order valence-corrected chi connectivity index (χ0v) is 17.0. The standard InChI is InChI=1S/C22H20N6O3/c1-14-7-10-24-28(14)18-13-17(19(23)29)25-20(26-18)16-5-3-4-15(12-16)6-8-22(31)9-11-27(2)21(22)30/h3-5,7,10,12-13,31H,9,11H2,1-2H3,(H2,23,29)/t22-/m0/s1. The van der Waals surface area contributed by atoms with Gasteiger partial charge in [0.25, 0.3) is 11.8 Å². The van der Waals surface area contributed by atoms with Crippen molar-refractivity contribution in [3.8, 4) is 29.0 Å². The number of carbonyl (C=O) groups is 2. The lowest BCUT2D eigenvalue weighted by atomic mass is 10.0. The number of likely N-dealkylation sites (N-methyl/N-ethyl adjacent to an activating group) is 1. The van der Waals surface area contributed by atoms with E-state index < -0.39 is 17.4 Å². The molecule has 31 heavy (non-hydrogen) atoms. The number of nitrogens with two attached hydrogens (primary N) is 1. The Labute approximate surface area is 178 Å². The van der Waals surface area contributed by atoms with Gasteiger partial charge in [-0.15, -0.1) is 0 Å². The van der Waals surface area contributed by atoms with Crippen LogP contribution in [0.5, 0.6) is 0 Å². The molecule has 0 aliphatic carbocycles. The summed E-state index contributed by atoms with van der Waals surface area (Å²) in [5, 5.41) is 14.7. The van der Waals surface area contributed by atoms with Gasteiger partial charge < -0.3 is 15.7 Å². The molecule has 1 aliphatic heterocycles. The zero-order chi connectivity index (χ0) is 22.2. The van der Waals surface area contributed by atoms with Gasteiger partial charge in [-0.1, -0.05) is 24.0 Å². The van der Waals surface area contributed by atoms with E-state index >= 15 is 0 Å². The van der Waals surface area contributed by atoms with E-state index in [2.05, 4.69) is 26.9 Å². The first-order valence-corrected chi connectivity index (χ1v) is 9.58. The van der Waals surface area contributed by atoms with E-state index in [4.69, 9.17) is 5.73 Å². The normalized spacial score (nSPS) is 18.0. The molecule has 4 rings (SSSR count). The molecule has 2 amide bonds. The van der Waals surface area contributed by atoms with Gasteiger partial charge in [0.05, 0.1) is 0 Å². The van der Waals surface area contributed by atoms with Crippen LogP contribution < -0.4 is 5.73 Å². The van der Waals surface area contributed by atoms with E-state index in [0.29, 0.717) is 23.5 Å². The third-order valence-electron chi connectivity index (χ3n) is 5.06. The van der Waals surface area contributed by atoms with Crippen molar-refractivity contribution < 1.29 is 14.7 Å². The van der Waals surface area contributed by atoms with Crippen LogP contribution >= 0.6 is 0 Å². The highest BCUT2D eigenvalue weighted by molar-refractivity contribution is 5.92. The maximum atomic E-state index is 12.1. The lowest BCUT2D eigenvalue weighted by Crippen LogP contribution is -2.37. The Kier molecular flexibility index (Phi) is 5.01. The van der Waals surface area contributed by atoms with Gasteiger partial charge in [-0.2, -0.15) is 5.10 Å². The van der Waals surface area contributed by atoms with Gasteiger partial charge in [-0.3, -0.25) is 9.59 Å². The van der Waals surface area contributed by atoms with E-state index in [1.54, 1.807) is 42.2 Å². The molecule has 2 aromatic heterocycles. The average molecular weight is 416 g/mol. The molecule has 9 heteroatoms. The summed E-state index contributed by atoms with van der Waals surface area (Å²) in [6, 6.07) is 10.3. The van der Waals surface area contributed by atoms with Crippen LogP contribution in [0, 0.1) is 18.8 Å². The number of hydrogen-bond acceptors (Lipinski definition) is 6. The number of benzene rings is 1. The quantitative estimate of drug-likeness (QED) is 0.605. The monoisotopic (exact) mass is 416 g/mol. The van der Waals surface area contributed by atoms with Crippen LogP contribution in [0.15, 0.2) is 42.6 Å². The molecule has 0 bridgehead atoms. The van der Waals surface area contributed by atoms with Crippen molar-refractivity contribution in [1.82, 2.24) is 24.6 Å². The molecule has 0 unspecified atom stereocenters. The molecule has 3 N–H and O–H groups in total. The van der Waals surface area contributed by atoms with Crippen molar-refractivity contribution in [1.29, 1.82) is 0 Å². The number of primary amides is 1. The van der Waals surface area contributed by atoms with E-state index in [1.807, 2.05) is 13.0 Å². The van der Waals surface area contributed by atoms with Crippen LogP contribution in [0.2, 0.25) is 0 Å². The molecule has 0 saturated carbocycles. The summed E-state index contributed by atoms with van der Waals surface area (Å²) >= 11 is 0. The highest BCUT2D eigenvalue weighted by Gasteiger charge is 2.42. The molecular formula is C22H20N6O3. The van der Waals surface area contributed by atoms with Gasteiger partial charge in [0.15, 0.2) is 11.6 Å². The zero-order valence-electron chi connectivity index (χ0n) is 17.0. The van der Waals surface area contributed by atoms with E-state index in [9.17, 15) is 14.7 Å². The number of aliphatic hydroxyl groups is 1. The van der Waals surface area contributed by atoms with Crippen molar-refractivity contribution in [2.75, 3.05) is 13.6 Å². The van der Waals surface area contributed by atoms with Crippen molar-refractivity contribution in [3.63, 3.8) is 0 Å². The number of nitrogens with zero attached hydrogens (tertiary/aromatic N) is 5. The maximum absolute atomic E-state index is 12.1. The molecule has 3 aromatic rings. The minimum absolute atomic E-state index is 0.0558. The van der Waals surface area contributed by atoms with Crippen LogP contribution in [0.1, 0.15) is 28.2 Å². The maximum Gasteiger partial charge on any atom is 0.267 e. The minimum Gasteiger partial charge on any atom is -0.369 e. The summed E-state index contributed by atoms with van der Waals surface area (Å²) in [6.07, 6.45) is 1.88. The number of rotatable bonds is 3. The largest absolute Gasteiger partial charge is 0.369 e. The van der Waals surface area contributed by atoms with Crippen LogP contribution in [0.25, 0.3) is 17.2 Å². The predicted octanol–water partition coefficient (Wildman–Crippen LogP) is 0.681. The first-order valence-electron chi connectivity index (χ1n) is 9.58. The molecule has 0 radical (unpaired) electrons. The Hall–Kier alpha value is -4.03. The average Bonchev–Trinajstić information content (AvgIpc) is 3.31. The fourth-order valence-corrected chi connectivity index (χ4v) is 3.29. The van der Waals surface area contributed by atoms with Crippen LogP contribution in [0.4, 0.5) is 0 Å². The lowest BCUT2D eigenvalue weighted by molar-refractivity contribution is -0.137. The molecular weight excluding hydrogens is 396 g/mol. The number of carbonyl (C=O) groups excluding carboxylic acids is 2. The SMILES string of the molecule is Cc1ccnn1-c1cc(C(N)=O)nc(-c2cccc(C#C[C@]3(O)CCN(C)C3=O)c2)n1. The second-order valence-electron chi connectivity index (χ2n) is 7.35. The molecule has 156 valence electrons. The number of aryl methyl sites for hydroxylation is 1. The summed E-state index contributed by atoms with van der Waals surface area (Å²) in [4.78, 5) is 34.2. The fourth-order valence-electron chi connectivity index (χ4n) is 3.29. The second kappa shape index (κ2) is 7.66. The van der Waals surface area contributed by atoms with Crippen LogP contribution in [-0.4, -0.2) is 60.8 Å². The van der Waals surface area contributed by atoms with Gasteiger partial charge in [0, 0.05) is 49.1 Å². The first kappa shape index (κ1) is 20.3. The Morgan fingerprint density at radius 1 is 1.26 bits per heavy atom. The molecule has 1 atom stereocenters. The molecule has 9 nitrogen and oxygen atoms in total. The number of aromatic nitrogens is 4. The topological polar surface area (TPSA) is 127 Å². The molecule has 1 fully saturated rings. The summed E-state index contributed by atoms with van der Waals surface area (Å²) in [7, 11) is 1.63. The van der Waals surface area contributed by atoms with Crippen molar-refractivity contribution in [2.24, 2.45) is 5.73 Å². The molecule has 1 saturated heterocycles. The van der Waals surface area contributed by atoms with E-state index in [0.717, 1.165) is 5.69 Å². The van der Waals surface area contributed by atoms with Gasteiger partial charge in [0.1, 0.15) is 5.69 Å². The number of hydrogen-bond donors (Lipinski definition) is 2. The predicted molar refractivity (Wildman–Crippen MR) is 112 cm³/mol. The highest BCUT2D eigenvalue weighted by Crippen LogP contribution is 2.22. The van der Waals surface area contributed by atoms with Crippen LogP contribution in [-0.2, 0) is 4.79 Å². The number of amides is 2. The molecule has 3 heterocycles. The van der Waals surface area contributed by atoms with Gasteiger partial charge >= 0.3 is 0 Å². The van der Waals surface area contributed by atoms with Gasteiger partial charge in [-0.05, 0) is 25.1 Å². The van der Waals surface area contributed by atoms with Crippen molar-refractivity contribution in [2.45, 2.75) is 18.9 Å². The number of likely N-dealkylation sites (tertiary alicyclic amines) is 1. The third kappa shape index (κ3) is 3.89. The summed E-state index contributed by atoms with van der Waals surface area (Å²) < 4.78 is 1.58. The highest BCUT2D eigenvalue weighted by atomic mass is 16.3. The molecule has 0 spiro atoms. The smallest absolute Gasteiger partial charge is 0.267 e. The fraction of sp³-hybridized carbons (Fsp3) is 0.227. The summed E-state index contributed by atoms with van der Waals surface area (Å²) in [5.74, 6) is 5.15. The lowest BCUT2D eigenvalue weighted by Gasteiger charge is -2.13. The van der Waals surface area contributed by atoms with Crippen LogP contribution in [0.3, 0.4) is 0 Å².